The molecule has 2 aromatic carbocycles. The fraction of sp³-hybridized carbons (Fsp3) is 0.158. The van der Waals surface area contributed by atoms with Gasteiger partial charge in [0.25, 0.3) is 0 Å². The Balaban J connectivity index is 2.02. The van der Waals surface area contributed by atoms with E-state index in [-0.39, 0.29) is 0 Å². The van der Waals surface area contributed by atoms with Crippen LogP contribution >= 0.6 is 12.6 Å². The number of ether oxygens (including phenoxy) is 1. The summed E-state index contributed by atoms with van der Waals surface area (Å²) in [5.74, 6) is 1.52. The number of hydrogen-bond donors (Lipinski definition) is 2. The Kier molecular flexibility index (Phi) is 3.65. The number of benzene rings is 2. The Hall–Kier alpha value is -2.53. The third kappa shape index (κ3) is 2.32. The summed E-state index contributed by atoms with van der Waals surface area (Å²) < 4.78 is 5.74. The molecule has 0 aliphatic rings. The monoisotopic (exact) mass is 335 g/mol. The molecule has 0 amide bonds. The average Bonchev–Trinajstić information content (AvgIpc) is 3.03. The van der Waals surface area contributed by atoms with Crippen molar-refractivity contribution < 1.29 is 4.74 Å². The van der Waals surface area contributed by atoms with Gasteiger partial charge in [-0.3, -0.25) is 4.98 Å². The van der Waals surface area contributed by atoms with E-state index in [1.54, 1.807) is 19.5 Å². The highest BCUT2D eigenvalue weighted by Crippen LogP contribution is 2.41. The van der Waals surface area contributed by atoms with E-state index in [1.165, 1.54) is 5.56 Å². The number of aromatic amines is 1. The number of fused-ring (bicyclic) bond motifs is 2. The van der Waals surface area contributed by atoms with E-state index in [1.807, 2.05) is 6.07 Å². The molecule has 4 rings (SSSR count). The molecule has 0 radical (unpaired) electrons. The van der Waals surface area contributed by atoms with E-state index in [0.717, 1.165) is 50.3 Å². The minimum atomic E-state index is 0.737. The Morgan fingerprint density at radius 1 is 1.21 bits per heavy atom. The molecule has 2 heterocycles. The zero-order valence-corrected chi connectivity index (χ0v) is 14.4. The zero-order chi connectivity index (χ0) is 16.7. The van der Waals surface area contributed by atoms with Crippen molar-refractivity contribution in [3.8, 4) is 17.1 Å². The Morgan fingerprint density at radius 2 is 2.08 bits per heavy atom. The number of aromatic nitrogens is 3. The van der Waals surface area contributed by atoms with Crippen LogP contribution < -0.4 is 4.74 Å². The SMILES string of the molecule is CCc1ccc2c(OC)c(-c3nc4cnccc4[nH]3)c(S)cc2c1. The van der Waals surface area contributed by atoms with Gasteiger partial charge >= 0.3 is 0 Å². The first-order valence-corrected chi connectivity index (χ1v) is 8.28. The number of pyridine rings is 1. The lowest BCUT2D eigenvalue weighted by Gasteiger charge is -2.13. The summed E-state index contributed by atoms with van der Waals surface area (Å²) in [6.07, 6.45) is 4.49. The molecule has 120 valence electrons. The van der Waals surface area contributed by atoms with Crippen molar-refractivity contribution in [2.75, 3.05) is 7.11 Å². The number of nitrogens with one attached hydrogen (secondary N) is 1. The van der Waals surface area contributed by atoms with Gasteiger partial charge in [-0.05, 0) is 29.5 Å². The molecule has 0 aliphatic heterocycles. The van der Waals surface area contributed by atoms with Gasteiger partial charge in [0.1, 0.15) is 17.1 Å². The first kappa shape index (κ1) is 15.0. The molecule has 0 saturated heterocycles. The third-order valence-corrected chi connectivity index (χ3v) is 4.62. The number of aryl methyl sites for hydroxylation is 1. The minimum Gasteiger partial charge on any atom is -0.495 e. The van der Waals surface area contributed by atoms with Crippen LogP contribution in [-0.4, -0.2) is 22.1 Å². The number of imidazole rings is 1. The normalized spacial score (nSPS) is 11.3. The molecule has 5 heteroatoms. The summed E-state index contributed by atoms with van der Waals surface area (Å²) >= 11 is 4.70. The summed E-state index contributed by atoms with van der Waals surface area (Å²) in [7, 11) is 1.68. The van der Waals surface area contributed by atoms with Crippen LogP contribution in [0, 0.1) is 0 Å². The molecule has 0 unspecified atom stereocenters. The number of H-pyrrole nitrogens is 1. The van der Waals surface area contributed by atoms with Crippen molar-refractivity contribution in [3.63, 3.8) is 0 Å². The summed E-state index contributed by atoms with van der Waals surface area (Å²) in [6, 6.07) is 10.4. The predicted octanol–water partition coefficient (Wildman–Crippen LogP) is 4.64. The molecule has 0 fully saturated rings. The maximum Gasteiger partial charge on any atom is 0.143 e. The van der Waals surface area contributed by atoms with Gasteiger partial charge in [-0.1, -0.05) is 25.1 Å². The van der Waals surface area contributed by atoms with Crippen molar-refractivity contribution >= 4 is 34.4 Å². The molecule has 0 aliphatic carbocycles. The molecule has 0 bridgehead atoms. The fourth-order valence-electron chi connectivity index (χ4n) is 3.04. The summed E-state index contributed by atoms with van der Waals surface area (Å²) in [6.45, 7) is 2.15. The fourth-order valence-corrected chi connectivity index (χ4v) is 3.39. The number of hydrogen-bond acceptors (Lipinski definition) is 4. The first-order chi connectivity index (χ1) is 11.7. The second kappa shape index (κ2) is 5.83. The maximum atomic E-state index is 5.74. The van der Waals surface area contributed by atoms with Crippen LogP contribution in [0.2, 0.25) is 0 Å². The highest BCUT2D eigenvalue weighted by molar-refractivity contribution is 7.80. The van der Waals surface area contributed by atoms with Gasteiger partial charge < -0.3 is 9.72 Å². The van der Waals surface area contributed by atoms with Crippen LogP contribution in [-0.2, 0) is 6.42 Å². The van der Waals surface area contributed by atoms with Crippen LogP contribution in [0.4, 0.5) is 0 Å². The van der Waals surface area contributed by atoms with E-state index in [0.29, 0.717) is 0 Å². The highest BCUT2D eigenvalue weighted by atomic mass is 32.1. The van der Waals surface area contributed by atoms with E-state index >= 15 is 0 Å². The number of rotatable bonds is 3. The Bertz CT molecular complexity index is 1020. The van der Waals surface area contributed by atoms with E-state index in [9.17, 15) is 0 Å². The molecule has 0 saturated carbocycles. The van der Waals surface area contributed by atoms with Crippen LogP contribution in [0.3, 0.4) is 0 Å². The molecule has 24 heavy (non-hydrogen) atoms. The average molecular weight is 335 g/mol. The largest absolute Gasteiger partial charge is 0.495 e. The topological polar surface area (TPSA) is 50.8 Å². The molecule has 4 nitrogen and oxygen atoms in total. The number of thiol groups is 1. The maximum absolute atomic E-state index is 5.74. The van der Waals surface area contributed by atoms with Gasteiger partial charge in [-0.15, -0.1) is 12.6 Å². The Morgan fingerprint density at radius 3 is 2.83 bits per heavy atom. The van der Waals surface area contributed by atoms with Gasteiger partial charge in [0.05, 0.1) is 24.4 Å². The van der Waals surface area contributed by atoms with E-state index in [2.05, 4.69) is 46.1 Å². The van der Waals surface area contributed by atoms with Crippen LogP contribution in [0.1, 0.15) is 12.5 Å². The van der Waals surface area contributed by atoms with Gasteiger partial charge in [0.15, 0.2) is 0 Å². The highest BCUT2D eigenvalue weighted by Gasteiger charge is 2.17. The molecule has 2 aromatic heterocycles. The molecular formula is C19H17N3OS. The smallest absolute Gasteiger partial charge is 0.143 e. The third-order valence-electron chi connectivity index (χ3n) is 4.27. The number of nitrogens with zero attached hydrogens (tertiary/aromatic N) is 2. The van der Waals surface area contributed by atoms with Crippen molar-refractivity contribution in [2.24, 2.45) is 0 Å². The quantitative estimate of drug-likeness (QED) is 0.536. The van der Waals surface area contributed by atoms with Crippen molar-refractivity contribution in [3.05, 3.63) is 48.3 Å². The zero-order valence-electron chi connectivity index (χ0n) is 13.5. The minimum absolute atomic E-state index is 0.737. The number of methoxy groups -OCH3 is 1. The van der Waals surface area contributed by atoms with Crippen molar-refractivity contribution in [1.29, 1.82) is 0 Å². The molecule has 0 spiro atoms. The van der Waals surface area contributed by atoms with Crippen LogP contribution in [0.15, 0.2) is 47.6 Å². The van der Waals surface area contributed by atoms with E-state index in [4.69, 9.17) is 17.4 Å². The van der Waals surface area contributed by atoms with Crippen LogP contribution in [0.25, 0.3) is 33.2 Å². The van der Waals surface area contributed by atoms with Crippen molar-refractivity contribution in [2.45, 2.75) is 18.2 Å². The van der Waals surface area contributed by atoms with Gasteiger partial charge in [-0.25, -0.2) is 4.98 Å². The van der Waals surface area contributed by atoms with Gasteiger partial charge in [0, 0.05) is 16.5 Å². The molecule has 4 aromatic rings. The lowest BCUT2D eigenvalue weighted by Crippen LogP contribution is -1.94. The summed E-state index contributed by atoms with van der Waals surface area (Å²) in [5.41, 5.74) is 3.92. The predicted molar refractivity (Wildman–Crippen MR) is 100 cm³/mol. The van der Waals surface area contributed by atoms with Crippen LogP contribution in [0.5, 0.6) is 5.75 Å². The molecular weight excluding hydrogens is 318 g/mol. The summed E-state index contributed by atoms with van der Waals surface area (Å²) in [4.78, 5) is 12.9. The molecule has 0 atom stereocenters. The Labute approximate surface area is 145 Å². The lowest BCUT2D eigenvalue weighted by atomic mass is 10.0. The lowest BCUT2D eigenvalue weighted by molar-refractivity contribution is 0.420. The standard InChI is InChI=1S/C19H17N3OS/c1-3-11-4-5-13-12(8-11)9-16(24)17(18(13)23-2)19-21-14-6-7-20-10-15(14)22-19/h4-10,24H,3H2,1-2H3,(H,21,22). The van der Waals surface area contributed by atoms with E-state index < -0.39 is 0 Å². The second-order valence-electron chi connectivity index (χ2n) is 5.69. The van der Waals surface area contributed by atoms with Gasteiger partial charge in [-0.2, -0.15) is 0 Å². The summed E-state index contributed by atoms with van der Waals surface area (Å²) in [5, 5.41) is 2.18. The van der Waals surface area contributed by atoms with Crippen molar-refractivity contribution in [1.82, 2.24) is 15.0 Å². The second-order valence-corrected chi connectivity index (χ2v) is 6.17. The molecule has 1 N–H and O–H groups in total. The first-order valence-electron chi connectivity index (χ1n) is 7.84. The van der Waals surface area contributed by atoms with Gasteiger partial charge in [0.2, 0.25) is 0 Å².